The lowest BCUT2D eigenvalue weighted by atomic mass is 9.95. The molecule has 126 valence electrons. The van der Waals surface area contributed by atoms with Gasteiger partial charge in [-0.1, -0.05) is 32.4 Å². The maximum absolute atomic E-state index is 14.7. The van der Waals surface area contributed by atoms with E-state index < -0.39 is 17.6 Å². The second kappa shape index (κ2) is 5.70. The van der Waals surface area contributed by atoms with Crippen LogP contribution in [0.15, 0.2) is 30.3 Å². The number of thiophene rings is 1. The largest absolute Gasteiger partial charge is 0.331 e. The van der Waals surface area contributed by atoms with Gasteiger partial charge in [0.2, 0.25) is 5.82 Å². The predicted octanol–water partition coefficient (Wildman–Crippen LogP) is 5.92. The molecule has 0 unspecified atom stereocenters. The average molecular weight is 371 g/mol. The van der Waals surface area contributed by atoms with Crippen molar-refractivity contribution in [3.63, 3.8) is 0 Å². The van der Waals surface area contributed by atoms with Crippen LogP contribution in [-0.2, 0) is 11.3 Å². The zero-order valence-electron chi connectivity index (χ0n) is 13.2. The Bertz CT molecular complexity index is 899. The minimum atomic E-state index is -3.46. The highest BCUT2D eigenvalue weighted by atomic mass is 35.5. The van der Waals surface area contributed by atoms with Crippen LogP contribution in [0, 0.1) is 5.82 Å². The maximum atomic E-state index is 14.7. The number of aromatic nitrogens is 2. The van der Waals surface area contributed by atoms with E-state index in [1.54, 1.807) is 6.07 Å². The molecule has 1 aromatic carbocycles. The first-order valence-electron chi connectivity index (χ1n) is 7.21. The first-order chi connectivity index (χ1) is 11.1. The molecule has 3 rings (SSSR count). The summed E-state index contributed by atoms with van der Waals surface area (Å²) in [5, 5.41) is -0.00251. The molecule has 0 atom stereocenters. The topological polar surface area (TPSA) is 25.8 Å². The van der Waals surface area contributed by atoms with Crippen molar-refractivity contribution in [1.29, 1.82) is 0 Å². The molecule has 0 radical (unpaired) electrons. The molecule has 0 saturated heterocycles. The number of rotatable bonds is 2. The van der Waals surface area contributed by atoms with E-state index >= 15 is 0 Å². The first kappa shape index (κ1) is 17.2. The Kier molecular flexibility index (Phi) is 4.08. The summed E-state index contributed by atoms with van der Waals surface area (Å²) < 4.78 is 42.9. The Morgan fingerprint density at radius 2 is 1.67 bits per heavy atom. The van der Waals surface area contributed by atoms with Crippen LogP contribution in [0.2, 0.25) is 5.15 Å². The Hall–Kier alpha value is -1.66. The molecule has 0 aliphatic rings. The van der Waals surface area contributed by atoms with Crippen molar-refractivity contribution in [2.24, 2.45) is 0 Å². The minimum absolute atomic E-state index is 0.00251. The average Bonchev–Trinajstić information content (AvgIpc) is 2.92. The molecule has 7 heteroatoms. The van der Waals surface area contributed by atoms with Crippen LogP contribution >= 0.6 is 22.9 Å². The van der Waals surface area contributed by atoms with Crippen molar-refractivity contribution in [3.05, 3.63) is 57.6 Å². The van der Waals surface area contributed by atoms with Crippen LogP contribution in [0.5, 0.6) is 0 Å². The van der Waals surface area contributed by atoms with E-state index in [9.17, 15) is 13.2 Å². The van der Waals surface area contributed by atoms with Gasteiger partial charge in [0, 0.05) is 10.4 Å². The van der Waals surface area contributed by atoms with Gasteiger partial charge in [-0.15, -0.1) is 11.3 Å². The van der Waals surface area contributed by atoms with E-state index in [-0.39, 0.29) is 16.1 Å². The Balaban J connectivity index is 2.14. The number of hydrogen-bond acceptors (Lipinski definition) is 3. The van der Waals surface area contributed by atoms with Gasteiger partial charge in [0.15, 0.2) is 5.15 Å². The number of benzene rings is 1. The van der Waals surface area contributed by atoms with Crippen molar-refractivity contribution in [1.82, 2.24) is 9.97 Å². The van der Waals surface area contributed by atoms with Gasteiger partial charge < -0.3 is 0 Å². The van der Waals surface area contributed by atoms with Gasteiger partial charge >= 0.3 is 5.92 Å². The summed E-state index contributed by atoms with van der Waals surface area (Å²) in [5.74, 6) is -4.74. The maximum Gasteiger partial charge on any atom is 0.331 e. The summed E-state index contributed by atoms with van der Waals surface area (Å²) in [6, 6.07) is 5.76. The zero-order valence-corrected chi connectivity index (χ0v) is 14.8. The van der Waals surface area contributed by atoms with E-state index in [2.05, 4.69) is 9.97 Å². The molecule has 0 N–H and O–H groups in total. The van der Waals surface area contributed by atoms with Crippen molar-refractivity contribution < 1.29 is 13.2 Å². The third kappa shape index (κ3) is 3.00. The molecule has 24 heavy (non-hydrogen) atoms. The van der Waals surface area contributed by atoms with Crippen LogP contribution in [-0.4, -0.2) is 9.97 Å². The summed E-state index contributed by atoms with van der Waals surface area (Å²) in [4.78, 5) is 8.78. The third-order valence-electron chi connectivity index (χ3n) is 3.56. The van der Waals surface area contributed by atoms with Crippen LogP contribution < -0.4 is 0 Å². The normalized spacial score (nSPS) is 12.8. The molecule has 0 bridgehead atoms. The lowest BCUT2D eigenvalue weighted by Crippen LogP contribution is -2.19. The molecule has 0 amide bonds. The summed E-state index contributed by atoms with van der Waals surface area (Å²) in [6.07, 6.45) is 0. The quantitative estimate of drug-likeness (QED) is 0.523. The molecule has 2 aromatic heterocycles. The summed E-state index contributed by atoms with van der Waals surface area (Å²) in [7, 11) is 0. The van der Waals surface area contributed by atoms with E-state index in [1.807, 2.05) is 20.8 Å². The van der Waals surface area contributed by atoms with E-state index in [0.29, 0.717) is 10.2 Å². The molecule has 0 saturated carbocycles. The lowest BCUT2D eigenvalue weighted by molar-refractivity contribution is 0.0331. The minimum Gasteiger partial charge on any atom is -0.226 e. The number of halogens is 4. The van der Waals surface area contributed by atoms with E-state index in [4.69, 9.17) is 11.6 Å². The standard InChI is InChI=1S/C17H14ClF3N2S/c1-16(2,3)12-8-11-13(24-12)14(18)23-15(22-11)17(20,21)9-4-6-10(19)7-5-9/h4-8H,1-3H3. The van der Waals surface area contributed by atoms with Gasteiger partial charge in [-0.25, -0.2) is 14.4 Å². The molecule has 3 aromatic rings. The molecule has 0 fully saturated rings. The van der Waals surface area contributed by atoms with Crippen molar-refractivity contribution >= 4 is 33.2 Å². The molecule has 0 aliphatic carbocycles. The molecule has 0 aliphatic heterocycles. The second-order valence-corrected chi connectivity index (χ2v) is 7.90. The molecule has 2 nitrogen and oxygen atoms in total. The Morgan fingerprint density at radius 1 is 1.04 bits per heavy atom. The SMILES string of the molecule is CC(C)(C)c1cc2nc(C(F)(F)c3ccc(F)cc3)nc(Cl)c2s1. The number of nitrogens with zero attached hydrogens (tertiary/aromatic N) is 2. The number of alkyl halides is 2. The molecule has 0 spiro atoms. The van der Waals surface area contributed by atoms with E-state index in [0.717, 1.165) is 29.1 Å². The first-order valence-corrected chi connectivity index (χ1v) is 8.40. The van der Waals surface area contributed by atoms with Gasteiger partial charge in [0.05, 0.1) is 10.2 Å². The summed E-state index contributed by atoms with van der Waals surface area (Å²) in [6.45, 7) is 6.06. The number of fused-ring (bicyclic) bond motifs is 1. The highest BCUT2D eigenvalue weighted by molar-refractivity contribution is 7.19. The van der Waals surface area contributed by atoms with Crippen LogP contribution in [0.25, 0.3) is 10.2 Å². The van der Waals surface area contributed by atoms with Crippen LogP contribution in [0.3, 0.4) is 0 Å². The number of hydrogen-bond donors (Lipinski definition) is 0. The highest BCUT2D eigenvalue weighted by Gasteiger charge is 2.38. The van der Waals surface area contributed by atoms with Gasteiger partial charge in [0.1, 0.15) is 5.82 Å². The van der Waals surface area contributed by atoms with Crippen molar-refractivity contribution in [3.8, 4) is 0 Å². The third-order valence-corrected chi connectivity index (χ3v) is 5.50. The lowest BCUT2D eigenvalue weighted by Gasteiger charge is -2.15. The van der Waals surface area contributed by atoms with Gasteiger partial charge in [0.25, 0.3) is 0 Å². The summed E-state index contributed by atoms with van der Waals surface area (Å²) in [5.41, 5.74) is -0.138. The van der Waals surface area contributed by atoms with Gasteiger partial charge in [-0.2, -0.15) is 8.78 Å². The highest BCUT2D eigenvalue weighted by Crippen LogP contribution is 2.39. The Morgan fingerprint density at radius 3 is 2.25 bits per heavy atom. The fourth-order valence-electron chi connectivity index (χ4n) is 2.19. The molecular formula is C17H14ClF3N2S. The fourth-order valence-corrected chi connectivity index (χ4v) is 3.52. The van der Waals surface area contributed by atoms with Crippen LogP contribution in [0.4, 0.5) is 13.2 Å². The van der Waals surface area contributed by atoms with Crippen LogP contribution in [0.1, 0.15) is 37.0 Å². The predicted molar refractivity (Wildman–Crippen MR) is 90.5 cm³/mol. The van der Waals surface area contributed by atoms with Gasteiger partial charge in [-0.3, -0.25) is 0 Å². The fraction of sp³-hybridized carbons (Fsp3) is 0.294. The Labute approximate surface area is 146 Å². The monoisotopic (exact) mass is 370 g/mol. The van der Waals surface area contributed by atoms with E-state index in [1.165, 1.54) is 11.3 Å². The molecular weight excluding hydrogens is 357 g/mol. The second-order valence-electron chi connectivity index (χ2n) is 6.49. The van der Waals surface area contributed by atoms with Gasteiger partial charge in [-0.05, 0) is 35.7 Å². The molecule has 2 heterocycles. The zero-order chi connectivity index (χ0) is 17.7. The van der Waals surface area contributed by atoms with Crippen molar-refractivity contribution in [2.75, 3.05) is 0 Å². The van der Waals surface area contributed by atoms with Crippen molar-refractivity contribution in [2.45, 2.75) is 32.1 Å². The smallest absolute Gasteiger partial charge is 0.226 e. The summed E-state index contributed by atoms with van der Waals surface area (Å²) >= 11 is 7.51.